The fourth-order valence-corrected chi connectivity index (χ4v) is 4.74. The summed E-state index contributed by atoms with van der Waals surface area (Å²) in [6, 6.07) is 26.2. The third kappa shape index (κ3) is 4.07. The van der Waals surface area contributed by atoms with E-state index in [1.54, 1.807) is 18.0 Å². The zero-order valence-electron chi connectivity index (χ0n) is 16.8. The van der Waals surface area contributed by atoms with Gasteiger partial charge in [-0.2, -0.15) is 0 Å². The molecule has 0 amide bonds. The third-order valence-electron chi connectivity index (χ3n) is 5.18. The fraction of sp³-hybridized carbons (Fsp3) is 0.0800. The highest BCUT2D eigenvalue weighted by Gasteiger charge is 2.31. The molecule has 4 nitrogen and oxygen atoms in total. The molecule has 0 aliphatic carbocycles. The SMILES string of the molecule is CN1C(Sc2ccc(Cl)cc2)=C(c2ccc(-c3ccco3)cc2)NC1c1ccccn1. The number of aromatic nitrogens is 1. The lowest BCUT2D eigenvalue weighted by Crippen LogP contribution is -2.26. The molecule has 0 fully saturated rings. The Labute approximate surface area is 190 Å². The number of benzene rings is 2. The van der Waals surface area contributed by atoms with Crippen LogP contribution >= 0.6 is 23.4 Å². The van der Waals surface area contributed by atoms with Crippen LogP contribution in [0.15, 0.2) is 106 Å². The number of halogens is 1. The predicted molar refractivity (Wildman–Crippen MR) is 126 cm³/mol. The van der Waals surface area contributed by atoms with Crippen molar-refractivity contribution in [3.8, 4) is 11.3 Å². The van der Waals surface area contributed by atoms with Crippen molar-refractivity contribution < 1.29 is 4.42 Å². The van der Waals surface area contributed by atoms with Crippen molar-refractivity contribution >= 4 is 29.1 Å². The van der Waals surface area contributed by atoms with Crippen molar-refractivity contribution in [1.29, 1.82) is 0 Å². The molecule has 1 atom stereocenters. The normalized spacial score (nSPS) is 15.9. The van der Waals surface area contributed by atoms with Gasteiger partial charge in [-0.15, -0.1) is 0 Å². The summed E-state index contributed by atoms with van der Waals surface area (Å²) in [5, 5.41) is 5.54. The van der Waals surface area contributed by atoms with Crippen LogP contribution in [0.25, 0.3) is 17.0 Å². The van der Waals surface area contributed by atoms with Crippen LogP contribution in [0.1, 0.15) is 17.4 Å². The second-order valence-corrected chi connectivity index (χ2v) is 8.70. The van der Waals surface area contributed by atoms with Gasteiger partial charge in [0.25, 0.3) is 0 Å². The number of hydrogen-bond acceptors (Lipinski definition) is 5. The molecule has 2 aromatic heterocycles. The van der Waals surface area contributed by atoms with E-state index in [-0.39, 0.29) is 6.17 Å². The molecule has 2 aromatic carbocycles. The molecule has 154 valence electrons. The molecule has 0 saturated heterocycles. The quantitative estimate of drug-likeness (QED) is 0.372. The van der Waals surface area contributed by atoms with E-state index in [4.69, 9.17) is 16.0 Å². The summed E-state index contributed by atoms with van der Waals surface area (Å²) in [4.78, 5) is 7.93. The summed E-state index contributed by atoms with van der Waals surface area (Å²) >= 11 is 7.79. The predicted octanol–water partition coefficient (Wildman–Crippen LogP) is 6.65. The second kappa shape index (κ2) is 8.53. The average molecular weight is 446 g/mol. The van der Waals surface area contributed by atoms with E-state index in [1.807, 2.05) is 60.8 Å². The lowest BCUT2D eigenvalue weighted by Gasteiger charge is -2.23. The number of furan rings is 1. The van der Waals surface area contributed by atoms with E-state index in [1.165, 1.54) is 0 Å². The Morgan fingerprint density at radius 3 is 2.39 bits per heavy atom. The maximum atomic E-state index is 6.08. The van der Waals surface area contributed by atoms with Gasteiger partial charge in [-0.25, -0.2) is 0 Å². The summed E-state index contributed by atoms with van der Waals surface area (Å²) < 4.78 is 5.53. The third-order valence-corrected chi connectivity index (χ3v) is 6.62. The summed E-state index contributed by atoms with van der Waals surface area (Å²) in [6.07, 6.45) is 3.47. The van der Waals surface area contributed by atoms with Crippen molar-refractivity contribution in [3.05, 3.63) is 113 Å². The molecule has 5 rings (SSSR count). The molecule has 0 radical (unpaired) electrons. The van der Waals surface area contributed by atoms with Crippen LogP contribution in [-0.2, 0) is 0 Å². The van der Waals surface area contributed by atoms with Crippen LogP contribution in [0.2, 0.25) is 5.02 Å². The van der Waals surface area contributed by atoms with Crippen molar-refractivity contribution in [1.82, 2.24) is 15.2 Å². The van der Waals surface area contributed by atoms with Crippen molar-refractivity contribution in [2.75, 3.05) is 7.05 Å². The summed E-state index contributed by atoms with van der Waals surface area (Å²) in [5.41, 5.74) is 4.21. The molecule has 4 aromatic rings. The number of nitrogens with zero attached hydrogens (tertiary/aromatic N) is 2. The minimum atomic E-state index is -0.0456. The monoisotopic (exact) mass is 445 g/mol. The first-order valence-corrected chi connectivity index (χ1v) is 11.1. The van der Waals surface area contributed by atoms with Gasteiger partial charge in [-0.1, -0.05) is 53.7 Å². The van der Waals surface area contributed by atoms with Crippen LogP contribution in [0, 0.1) is 0 Å². The molecule has 6 heteroatoms. The minimum Gasteiger partial charge on any atom is -0.464 e. The Morgan fingerprint density at radius 2 is 1.71 bits per heavy atom. The van der Waals surface area contributed by atoms with Crippen LogP contribution < -0.4 is 5.32 Å². The fourth-order valence-electron chi connectivity index (χ4n) is 3.59. The largest absolute Gasteiger partial charge is 0.464 e. The highest BCUT2D eigenvalue weighted by molar-refractivity contribution is 8.03. The lowest BCUT2D eigenvalue weighted by atomic mass is 10.1. The zero-order chi connectivity index (χ0) is 21.2. The molecule has 1 unspecified atom stereocenters. The first kappa shape index (κ1) is 19.8. The molecule has 31 heavy (non-hydrogen) atoms. The van der Waals surface area contributed by atoms with E-state index >= 15 is 0 Å². The molecule has 0 bridgehead atoms. The zero-order valence-corrected chi connectivity index (χ0v) is 18.4. The number of hydrogen-bond donors (Lipinski definition) is 1. The van der Waals surface area contributed by atoms with Crippen molar-refractivity contribution in [3.63, 3.8) is 0 Å². The Bertz CT molecular complexity index is 1190. The Kier molecular flexibility index (Phi) is 5.45. The molecule has 3 heterocycles. The molecular formula is C25H20ClN3OS. The van der Waals surface area contributed by atoms with Gasteiger partial charge in [0, 0.05) is 34.3 Å². The smallest absolute Gasteiger partial charge is 0.143 e. The maximum absolute atomic E-state index is 6.08. The standard InChI is InChI=1S/C25H20ClN3OS/c1-29-24(21-5-2-3-15-27-21)28-23(25(29)31-20-13-11-19(26)12-14-20)18-9-7-17(8-10-18)22-6-4-16-30-22/h2-16,24,28H,1H3. The van der Waals surface area contributed by atoms with Gasteiger partial charge >= 0.3 is 0 Å². The van der Waals surface area contributed by atoms with Gasteiger partial charge in [0.15, 0.2) is 0 Å². The van der Waals surface area contributed by atoms with E-state index in [2.05, 4.69) is 46.5 Å². The van der Waals surface area contributed by atoms with E-state index in [0.717, 1.165) is 43.2 Å². The van der Waals surface area contributed by atoms with Crippen molar-refractivity contribution in [2.45, 2.75) is 11.1 Å². The van der Waals surface area contributed by atoms with Crippen LogP contribution in [0.4, 0.5) is 0 Å². The Hall–Kier alpha value is -3.15. The minimum absolute atomic E-state index is 0.0456. The number of thioether (sulfide) groups is 1. The second-order valence-electron chi connectivity index (χ2n) is 7.20. The molecule has 1 N–H and O–H groups in total. The molecule has 1 aliphatic rings. The highest BCUT2D eigenvalue weighted by atomic mass is 35.5. The lowest BCUT2D eigenvalue weighted by molar-refractivity contribution is 0.328. The van der Waals surface area contributed by atoms with Gasteiger partial charge in [-0.05, 0) is 48.5 Å². The van der Waals surface area contributed by atoms with E-state index in [0.29, 0.717) is 0 Å². The average Bonchev–Trinajstić information content (AvgIpc) is 3.45. The van der Waals surface area contributed by atoms with Crippen LogP contribution in [0.5, 0.6) is 0 Å². The van der Waals surface area contributed by atoms with E-state index < -0.39 is 0 Å². The van der Waals surface area contributed by atoms with Gasteiger partial charge in [0.2, 0.25) is 0 Å². The Balaban J connectivity index is 1.52. The molecule has 1 aliphatic heterocycles. The van der Waals surface area contributed by atoms with Gasteiger partial charge in [0.05, 0.1) is 17.7 Å². The first-order valence-electron chi connectivity index (χ1n) is 9.91. The maximum Gasteiger partial charge on any atom is 0.143 e. The first-order chi connectivity index (χ1) is 15.2. The number of nitrogens with one attached hydrogen (secondary N) is 1. The van der Waals surface area contributed by atoms with E-state index in [9.17, 15) is 0 Å². The molecule has 0 spiro atoms. The number of rotatable bonds is 5. The summed E-state index contributed by atoms with van der Waals surface area (Å²) in [6.45, 7) is 0. The molecule has 0 saturated carbocycles. The van der Waals surface area contributed by atoms with Crippen molar-refractivity contribution in [2.24, 2.45) is 0 Å². The summed E-state index contributed by atoms with van der Waals surface area (Å²) in [5.74, 6) is 0.860. The number of pyridine rings is 1. The highest BCUT2D eigenvalue weighted by Crippen LogP contribution is 2.42. The van der Waals surface area contributed by atoms with Crippen LogP contribution in [-0.4, -0.2) is 16.9 Å². The van der Waals surface area contributed by atoms with Crippen LogP contribution in [0.3, 0.4) is 0 Å². The molecular weight excluding hydrogens is 426 g/mol. The van der Waals surface area contributed by atoms with Gasteiger partial charge in [-0.3, -0.25) is 4.98 Å². The Morgan fingerprint density at radius 1 is 0.935 bits per heavy atom. The summed E-state index contributed by atoms with van der Waals surface area (Å²) in [7, 11) is 2.09. The van der Waals surface area contributed by atoms with Gasteiger partial charge < -0.3 is 14.6 Å². The van der Waals surface area contributed by atoms with Gasteiger partial charge in [0.1, 0.15) is 17.0 Å². The topological polar surface area (TPSA) is 41.3 Å².